The number of aliphatic carboxylic acids is 1. The molecule has 0 radical (unpaired) electrons. The minimum absolute atomic E-state index is 0.0258. The largest absolute Gasteiger partial charge is 0.480 e. The average Bonchev–Trinajstić information content (AvgIpc) is 2.71. The monoisotopic (exact) mass is 429 g/mol. The molecule has 0 fully saturated rings. The van der Waals surface area contributed by atoms with Gasteiger partial charge >= 0.3 is 5.97 Å². The lowest BCUT2D eigenvalue weighted by atomic mass is 10.0. The maximum absolute atomic E-state index is 9.90. The Hall–Kier alpha value is -1.18. The first-order chi connectivity index (χ1) is 13.5. The van der Waals surface area contributed by atoms with E-state index in [-0.39, 0.29) is 6.29 Å². The van der Waals surface area contributed by atoms with Gasteiger partial charge in [0.15, 0.2) is 6.29 Å². The fourth-order valence-corrected chi connectivity index (χ4v) is 1.72. The predicted molar refractivity (Wildman–Crippen MR) is 105 cm³/mol. The van der Waals surface area contributed by atoms with Crippen LogP contribution in [0.3, 0.4) is 0 Å². The maximum atomic E-state index is 9.90. The van der Waals surface area contributed by atoms with Gasteiger partial charge in [-0.05, 0) is 13.3 Å². The molecule has 29 heavy (non-hydrogen) atoms. The lowest BCUT2D eigenvalue weighted by Crippen LogP contribution is -2.46. The van der Waals surface area contributed by atoms with E-state index in [9.17, 15) is 9.59 Å². The normalized spacial score (nSPS) is 16.6. The molecule has 0 spiro atoms. The molecule has 0 aromatic carbocycles. The zero-order valence-corrected chi connectivity index (χ0v) is 17.2. The van der Waals surface area contributed by atoms with E-state index in [0.29, 0.717) is 6.61 Å². The fourth-order valence-electron chi connectivity index (χ4n) is 1.72. The summed E-state index contributed by atoms with van der Waals surface area (Å²) in [6.45, 7) is 3.15. The molecule has 0 saturated carbocycles. The van der Waals surface area contributed by atoms with Gasteiger partial charge in [0.1, 0.15) is 30.5 Å². The molecule has 0 aliphatic heterocycles. The van der Waals surface area contributed by atoms with Crippen molar-refractivity contribution in [2.45, 2.75) is 88.9 Å². The highest BCUT2D eigenvalue weighted by atomic mass is 16.4. The van der Waals surface area contributed by atoms with E-state index in [1.54, 1.807) is 0 Å². The number of aldehydes is 1. The minimum atomic E-state index is -1.79. The minimum Gasteiger partial charge on any atom is -0.480 e. The van der Waals surface area contributed by atoms with Gasteiger partial charge in [0.05, 0.1) is 12.7 Å². The van der Waals surface area contributed by atoms with E-state index >= 15 is 0 Å². The topological polar surface area (TPSA) is 222 Å². The summed E-state index contributed by atoms with van der Waals surface area (Å²) < 4.78 is 0. The second-order valence-corrected chi connectivity index (χ2v) is 6.45. The van der Waals surface area contributed by atoms with Gasteiger partial charge in [-0.2, -0.15) is 0 Å². The Morgan fingerprint density at radius 1 is 0.931 bits per heavy atom. The van der Waals surface area contributed by atoms with Crippen molar-refractivity contribution in [1.82, 2.24) is 0 Å². The summed E-state index contributed by atoms with van der Waals surface area (Å²) in [6, 6.07) is -1.16. The van der Waals surface area contributed by atoms with Crippen molar-refractivity contribution >= 4 is 12.3 Å². The van der Waals surface area contributed by atoms with Gasteiger partial charge in [-0.1, -0.05) is 39.0 Å². The molecule has 0 amide bonds. The van der Waals surface area contributed by atoms with E-state index in [0.717, 1.165) is 6.42 Å². The zero-order valence-electron chi connectivity index (χ0n) is 17.2. The highest BCUT2D eigenvalue weighted by molar-refractivity contribution is 5.73. The summed E-state index contributed by atoms with van der Waals surface area (Å²) in [5.41, 5.74) is 4.91. The molecule has 0 aromatic heterocycles. The second kappa shape index (κ2) is 21.5. The first kappa shape index (κ1) is 32.5. The molecular weight excluding hydrogens is 390 g/mol. The molecule has 0 aromatic rings. The van der Waals surface area contributed by atoms with Crippen molar-refractivity contribution in [3.8, 4) is 0 Å². The Balaban J connectivity index is -0.000000359. The molecule has 11 nitrogen and oxygen atoms in total. The summed E-state index contributed by atoms with van der Waals surface area (Å²) in [7, 11) is 0. The average molecular weight is 430 g/mol. The van der Waals surface area contributed by atoms with E-state index in [1.165, 1.54) is 39.0 Å². The molecule has 0 bridgehead atoms. The third kappa shape index (κ3) is 19.9. The van der Waals surface area contributed by atoms with Crippen LogP contribution in [-0.4, -0.2) is 103 Å². The van der Waals surface area contributed by atoms with Crippen molar-refractivity contribution < 1.29 is 50.4 Å². The van der Waals surface area contributed by atoms with Crippen LogP contribution in [-0.2, 0) is 9.59 Å². The Kier molecular flexibility index (Phi) is 24.1. The number of hydrogen-bond donors (Lipinski definition) is 9. The second-order valence-electron chi connectivity index (χ2n) is 6.45. The molecule has 0 saturated heterocycles. The van der Waals surface area contributed by atoms with Gasteiger partial charge in [0.25, 0.3) is 0 Å². The number of hydrogen-bond acceptors (Lipinski definition) is 10. The SMILES string of the molecule is CC(O)C(N)C(=O)O.CCCCCCCCO.O=CC(O)C(O)C(O)C(O)CO. The maximum Gasteiger partial charge on any atom is 0.323 e. The van der Waals surface area contributed by atoms with Gasteiger partial charge in [-0.15, -0.1) is 0 Å². The van der Waals surface area contributed by atoms with Gasteiger partial charge < -0.3 is 51.4 Å². The van der Waals surface area contributed by atoms with Crippen LogP contribution in [0.5, 0.6) is 0 Å². The van der Waals surface area contributed by atoms with E-state index < -0.39 is 49.1 Å². The van der Waals surface area contributed by atoms with Crippen LogP contribution in [0.25, 0.3) is 0 Å². The Bertz CT molecular complexity index is 378. The molecular formula is C18H39NO10. The highest BCUT2D eigenvalue weighted by Gasteiger charge is 2.29. The van der Waals surface area contributed by atoms with Gasteiger partial charge in [0, 0.05) is 6.61 Å². The molecule has 0 aliphatic carbocycles. The number of carboxylic acid groups (broad SMARTS) is 1. The Morgan fingerprint density at radius 3 is 1.72 bits per heavy atom. The quantitative estimate of drug-likeness (QED) is 0.112. The van der Waals surface area contributed by atoms with Crippen LogP contribution in [0.1, 0.15) is 52.4 Å². The highest BCUT2D eigenvalue weighted by Crippen LogP contribution is 2.04. The van der Waals surface area contributed by atoms with Crippen LogP contribution in [0.2, 0.25) is 0 Å². The molecule has 6 unspecified atom stereocenters. The first-order valence-corrected chi connectivity index (χ1v) is 9.57. The lowest BCUT2D eigenvalue weighted by Gasteiger charge is -2.22. The summed E-state index contributed by atoms with van der Waals surface area (Å²) >= 11 is 0. The van der Waals surface area contributed by atoms with E-state index in [1.807, 2.05) is 0 Å². The van der Waals surface area contributed by atoms with Gasteiger partial charge in [-0.25, -0.2) is 0 Å². The van der Waals surface area contributed by atoms with Crippen LogP contribution >= 0.6 is 0 Å². The number of aliphatic hydroxyl groups is 7. The van der Waals surface area contributed by atoms with Crippen molar-refractivity contribution in [3.05, 3.63) is 0 Å². The molecule has 10 N–H and O–H groups in total. The van der Waals surface area contributed by atoms with Crippen LogP contribution in [0.4, 0.5) is 0 Å². The summed E-state index contributed by atoms with van der Waals surface area (Å²) in [4.78, 5) is 19.8. The summed E-state index contributed by atoms with van der Waals surface area (Å²) in [6.07, 6.45) is -0.323. The Morgan fingerprint density at radius 2 is 1.41 bits per heavy atom. The number of nitrogens with two attached hydrogens (primary N) is 1. The number of unbranched alkanes of at least 4 members (excludes halogenated alkanes) is 5. The zero-order chi connectivity index (χ0) is 23.4. The number of rotatable bonds is 13. The van der Waals surface area contributed by atoms with Crippen LogP contribution < -0.4 is 5.73 Å². The summed E-state index contributed by atoms with van der Waals surface area (Å²) in [5, 5.41) is 68.5. The van der Waals surface area contributed by atoms with Crippen molar-refractivity contribution in [2.24, 2.45) is 5.73 Å². The van der Waals surface area contributed by atoms with Crippen molar-refractivity contribution in [1.29, 1.82) is 0 Å². The predicted octanol–water partition coefficient (Wildman–Crippen LogP) is -2.26. The Labute approximate surface area is 171 Å². The van der Waals surface area contributed by atoms with E-state index in [2.05, 4.69) is 6.92 Å². The third-order valence-electron chi connectivity index (χ3n) is 3.74. The standard InChI is InChI=1S/C8H18O.C6H12O6.C4H9NO3/c1-2-3-4-5-6-7-8-9;7-1-3(9)5(11)6(12)4(10)2-8;1-2(6)3(5)4(7)8/h9H,2-8H2,1H3;1,3-6,8-12H,2H2;2-3,6H,5H2,1H3,(H,7,8). The first-order valence-electron chi connectivity index (χ1n) is 9.57. The van der Waals surface area contributed by atoms with Gasteiger partial charge in [-0.3, -0.25) is 4.79 Å². The lowest BCUT2D eigenvalue weighted by molar-refractivity contribution is -0.140. The number of aliphatic hydroxyl groups excluding tert-OH is 7. The molecule has 6 atom stereocenters. The molecule has 176 valence electrons. The van der Waals surface area contributed by atoms with Crippen LogP contribution in [0, 0.1) is 0 Å². The van der Waals surface area contributed by atoms with Crippen molar-refractivity contribution in [3.63, 3.8) is 0 Å². The number of carbonyl (C=O) groups excluding carboxylic acids is 1. The summed E-state index contributed by atoms with van der Waals surface area (Å²) in [5.74, 6) is -1.18. The number of carboxylic acids is 1. The van der Waals surface area contributed by atoms with Crippen LogP contribution in [0.15, 0.2) is 0 Å². The van der Waals surface area contributed by atoms with E-state index in [4.69, 9.17) is 46.6 Å². The molecule has 0 heterocycles. The van der Waals surface area contributed by atoms with Gasteiger partial charge in [0.2, 0.25) is 0 Å². The molecule has 0 aliphatic rings. The fraction of sp³-hybridized carbons (Fsp3) is 0.889. The molecule has 0 rings (SSSR count). The molecule has 11 heteroatoms. The third-order valence-corrected chi connectivity index (χ3v) is 3.74. The van der Waals surface area contributed by atoms with Crippen molar-refractivity contribution in [2.75, 3.05) is 13.2 Å². The number of carbonyl (C=O) groups is 2. The smallest absolute Gasteiger partial charge is 0.323 e.